The number of hydrogen-bond acceptors (Lipinski definition) is 6. The van der Waals surface area contributed by atoms with E-state index in [-0.39, 0.29) is 18.4 Å². The molecular formula is C22H18N4O3S2. The van der Waals surface area contributed by atoms with Crippen molar-refractivity contribution < 1.29 is 14.4 Å². The second-order valence-corrected chi connectivity index (χ2v) is 8.79. The van der Waals surface area contributed by atoms with E-state index in [9.17, 15) is 14.4 Å². The lowest BCUT2D eigenvalue weighted by molar-refractivity contribution is -0.117. The second kappa shape index (κ2) is 9.07. The summed E-state index contributed by atoms with van der Waals surface area (Å²) in [6, 6.07) is 18.4. The fourth-order valence-electron chi connectivity index (χ4n) is 2.87. The van der Waals surface area contributed by atoms with Gasteiger partial charge >= 0.3 is 0 Å². The quantitative estimate of drug-likeness (QED) is 0.401. The van der Waals surface area contributed by atoms with Crippen molar-refractivity contribution in [2.75, 3.05) is 6.54 Å². The average Bonchev–Trinajstić information content (AvgIpc) is 3.43. The molecule has 3 amide bonds. The van der Waals surface area contributed by atoms with Crippen LogP contribution in [0.5, 0.6) is 0 Å². The van der Waals surface area contributed by atoms with Gasteiger partial charge in [0.15, 0.2) is 0 Å². The Labute approximate surface area is 185 Å². The lowest BCUT2D eigenvalue weighted by atomic mass is 10.1. The van der Waals surface area contributed by atoms with Crippen LogP contribution in [0.2, 0.25) is 0 Å². The van der Waals surface area contributed by atoms with Crippen LogP contribution in [0.3, 0.4) is 0 Å². The Kier molecular flexibility index (Phi) is 6.06. The smallest absolute Gasteiger partial charge is 0.261 e. The van der Waals surface area contributed by atoms with Crippen LogP contribution in [0.15, 0.2) is 60.7 Å². The fourth-order valence-corrected chi connectivity index (χ4v) is 4.81. The number of thiazole rings is 1. The highest BCUT2D eigenvalue weighted by Gasteiger charge is 2.13. The number of fused-ring (bicyclic) bond motifs is 1. The molecule has 0 saturated carbocycles. The first-order chi connectivity index (χ1) is 15.0. The van der Waals surface area contributed by atoms with Gasteiger partial charge in [0, 0.05) is 12.1 Å². The Morgan fingerprint density at radius 2 is 1.65 bits per heavy atom. The molecule has 0 aliphatic carbocycles. The monoisotopic (exact) mass is 450 g/mol. The van der Waals surface area contributed by atoms with Crippen molar-refractivity contribution >= 4 is 50.6 Å². The van der Waals surface area contributed by atoms with Gasteiger partial charge in [-0.1, -0.05) is 24.3 Å². The number of nitrogens with two attached hydrogens (primary N) is 1. The van der Waals surface area contributed by atoms with E-state index in [0.29, 0.717) is 17.0 Å². The van der Waals surface area contributed by atoms with Crippen molar-refractivity contribution in [3.05, 3.63) is 76.7 Å². The first-order valence-electron chi connectivity index (χ1n) is 9.39. The molecule has 4 aromatic rings. The molecule has 156 valence electrons. The SMILES string of the molecule is NC(=O)CNC(=O)c1ccc(CNC(=O)c2ccc(-c3nc4ccccc4s3)s2)cc1. The third kappa shape index (κ3) is 4.96. The van der Waals surface area contributed by atoms with Crippen LogP contribution in [-0.2, 0) is 11.3 Å². The summed E-state index contributed by atoms with van der Waals surface area (Å²) in [5, 5.41) is 6.21. The highest BCUT2D eigenvalue weighted by molar-refractivity contribution is 7.26. The van der Waals surface area contributed by atoms with Gasteiger partial charge in [0.1, 0.15) is 5.01 Å². The topological polar surface area (TPSA) is 114 Å². The number of carbonyl (C=O) groups is 3. The first kappa shape index (κ1) is 20.7. The predicted octanol–water partition coefficient (Wildman–Crippen LogP) is 3.17. The molecule has 0 aliphatic rings. The zero-order chi connectivity index (χ0) is 21.8. The molecule has 2 aromatic carbocycles. The van der Waals surface area contributed by atoms with E-state index in [1.807, 2.05) is 30.3 Å². The number of benzene rings is 2. The number of carbonyl (C=O) groups excluding carboxylic acids is 3. The minimum absolute atomic E-state index is 0.166. The van der Waals surface area contributed by atoms with E-state index >= 15 is 0 Å². The summed E-state index contributed by atoms with van der Waals surface area (Å²) in [6.45, 7) is 0.118. The fraction of sp³-hybridized carbons (Fsp3) is 0.0909. The van der Waals surface area contributed by atoms with E-state index in [1.54, 1.807) is 41.7 Å². The van der Waals surface area contributed by atoms with Gasteiger partial charge in [0.2, 0.25) is 5.91 Å². The Morgan fingerprint density at radius 3 is 2.39 bits per heavy atom. The van der Waals surface area contributed by atoms with Crippen molar-refractivity contribution in [2.45, 2.75) is 6.54 Å². The second-order valence-electron chi connectivity index (χ2n) is 6.68. The number of para-hydroxylation sites is 1. The summed E-state index contributed by atoms with van der Waals surface area (Å²) in [6.07, 6.45) is 0. The van der Waals surface area contributed by atoms with E-state index in [2.05, 4.69) is 15.6 Å². The van der Waals surface area contributed by atoms with Crippen LogP contribution in [0.4, 0.5) is 0 Å². The van der Waals surface area contributed by atoms with Crippen LogP contribution < -0.4 is 16.4 Å². The van der Waals surface area contributed by atoms with Crippen molar-refractivity contribution in [2.24, 2.45) is 5.73 Å². The van der Waals surface area contributed by atoms with Gasteiger partial charge in [-0.2, -0.15) is 0 Å². The maximum Gasteiger partial charge on any atom is 0.261 e. The molecular weight excluding hydrogens is 432 g/mol. The maximum absolute atomic E-state index is 12.5. The average molecular weight is 451 g/mol. The van der Waals surface area contributed by atoms with Gasteiger partial charge < -0.3 is 16.4 Å². The number of amides is 3. The molecule has 0 aliphatic heterocycles. The zero-order valence-corrected chi connectivity index (χ0v) is 17.9. The molecule has 0 bridgehead atoms. The number of aromatic nitrogens is 1. The number of hydrogen-bond donors (Lipinski definition) is 3. The molecule has 9 heteroatoms. The Balaban J connectivity index is 1.36. The molecule has 0 atom stereocenters. The third-order valence-corrected chi connectivity index (χ3v) is 6.72. The maximum atomic E-state index is 12.5. The number of nitrogens with zero attached hydrogens (tertiary/aromatic N) is 1. The van der Waals surface area contributed by atoms with Gasteiger partial charge in [-0.15, -0.1) is 22.7 Å². The van der Waals surface area contributed by atoms with Crippen LogP contribution >= 0.6 is 22.7 Å². The van der Waals surface area contributed by atoms with E-state index < -0.39 is 5.91 Å². The minimum Gasteiger partial charge on any atom is -0.368 e. The van der Waals surface area contributed by atoms with Crippen LogP contribution in [0, 0.1) is 0 Å². The normalized spacial score (nSPS) is 10.7. The highest BCUT2D eigenvalue weighted by atomic mass is 32.1. The Hall–Kier alpha value is -3.56. The third-order valence-electron chi connectivity index (χ3n) is 4.43. The van der Waals surface area contributed by atoms with Crippen molar-refractivity contribution in [1.82, 2.24) is 15.6 Å². The number of thiophene rings is 1. The summed E-state index contributed by atoms with van der Waals surface area (Å²) < 4.78 is 1.11. The minimum atomic E-state index is -0.604. The van der Waals surface area contributed by atoms with Crippen molar-refractivity contribution in [3.8, 4) is 9.88 Å². The molecule has 2 aromatic heterocycles. The van der Waals surface area contributed by atoms with Crippen LogP contribution in [0.25, 0.3) is 20.1 Å². The van der Waals surface area contributed by atoms with Crippen molar-refractivity contribution in [1.29, 1.82) is 0 Å². The first-order valence-corrected chi connectivity index (χ1v) is 11.0. The Bertz CT molecular complexity index is 1230. The number of primary amides is 1. The molecule has 31 heavy (non-hydrogen) atoms. The van der Waals surface area contributed by atoms with Gasteiger partial charge in [-0.3, -0.25) is 14.4 Å². The summed E-state index contributed by atoms with van der Waals surface area (Å²) in [4.78, 5) is 41.4. The molecule has 0 radical (unpaired) electrons. The predicted molar refractivity (Wildman–Crippen MR) is 122 cm³/mol. The van der Waals surface area contributed by atoms with Crippen LogP contribution in [-0.4, -0.2) is 29.3 Å². The summed E-state index contributed by atoms with van der Waals surface area (Å²) in [7, 11) is 0. The highest BCUT2D eigenvalue weighted by Crippen LogP contribution is 2.34. The van der Waals surface area contributed by atoms with E-state index in [1.165, 1.54) is 11.3 Å². The van der Waals surface area contributed by atoms with Gasteiger partial charge in [0.25, 0.3) is 11.8 Å². The lowest BCUT2D eigenvalue weighted by Gasteiger charge is -2.06. The largest absolute Gasteiger partial charge is 0.368 e. The number of nitrogens with one attached hydrogen (secondary N) is 2. The number of rotatable bonds is 7. The van der Waals surface area contributed by atoms with Gasteiger partial charge in [0.05, 0.1) is 26.5 Å². The van der Waals surface area contributed by atoms with E-state index in [4.69, 9.17) is 5.73 Å². The summed E-state index contributed by atoms with van der Waals surface area (Å²) in [5.74, 6) is -1.15. The van der Waals surface area contributed by atoms with E-state index in [0.717, 1.165) is 25.7 Å². The Morgan fingerprint density at radius 1 is 0.871 bits per heavy atom. The molecule has 0 unspecified atom stereocenters. The molecule has 7 nitrogen and oxygen atoms in total. The summed E-state index contributed by atoms with van der Waals surface area (Å²) >= 11 is 3.01. The summed E-state index contributed by atoms with van der Waals surface area (Å²) in [5.41, 5.74) is 7.23. The molecule has 0 fully saturated rings. The standard InChI is InChI=1S/C22H18N4O3S2/c23-19(27)12-25-20(28)14-7-5-13(6-8-14)11-24-21(29)17-9-10-18(30-17)22-26-15-3-1-2-4-16(15)31-22/h1-10H,11-12H2,(H2,23,27)(H,24,29)(H,25,28). The van der Waals surface area contributed by atoms with Gasteiger partial charge in [-0.25, -0.2) is 4.98 Å². The lowest BCUT2D eigenvalue weighted by Crippen LogP contribution is -2.33. The molecule has 4 rings (SSSR count). The molecule has 0 spiro atoms. The molecule has 4 N–H and O–H groups in total. The van der Waals surface area contributed by atoms with Crippen molar-refractivity contribution in [3.63, 3.8) is 0 Å². The molecule has 2 heterocycles. The molecule has 0 saturated heterocycles. The van der Waals surface area contributed by atoms with Gasteiger partial charge in [-0.05, 0) is 42.0 Å². The zero-order valence-electron chi connectivity index (χ0n) is 16.3. The van der Waals surface area contributed by atoms with Crippen LogP contribution in [0.1, 0.15) is 25.6 Å².